The summed E-state index contributed by atoms with van der Waals surface area (Å²) >= 11 is 3.54. The minimum atomic E-state index is 0.131. The van der Waals surface area contributed by atoms with E-state index in [-0.39, 0.29) is 11.3 Å². The lowest BCUT2D eigenvalue weighted by molar-refractivity contribution is -0.119. The second kappa shape index (κ2) is 6.32. The van der Waals surface area contributed by atoms with E-state index in [0.717, 1.165) is 49.2 Å². The summed E-state index contributed by atoms with van der Waals surface area (Å²) in [7, 11) is 0. The van der Waals surface area contributed by atoms with Crippen molar-refractivity contribution in [1.82, 2.24) is 0 Å². The number of nitrogens with zero attached hydrogens (tertiary/aromatic N) is 1. The monoisotopic (exact) mass is 365 g/mol. The van der Waals surface area contributed by atoms with Crippen molar-refractivity contribution >= 4 is 27.5 Å². The minimum absolute atomic E-state index is 0.131. The Morgan fingerprint density at radius 1 is 1.45 bits per heavy atom. The number of hydrogen-bond donors (Lipinski definition) is 0. The van der Waals surface area contributed by atoms with Crippen molar-refractivity contribution < 1.29 is 9.53 Å². The Balaban J connectivity index is 1.76. The fourth-order valence-corrected chi connectivity index (χ4v) is 3.83. The first-order valence-corrected chi connectivity index (χ1v) is 8.95. The fraction of sp³-hybridized carbons (Fsp3) is 0.611. The second-order valence-electron chi connectivity index (χ2n) is 7.11. The first kappa shape index (κ1) is 16.0. The van der Waals surface area contributed by atoms with Crippen LogP contribution in [-0.2, 0) is 14.9 Å². The van der Waals surface area contributed by atoms with Gasteiger partial charge in [0.25, 0.3) is 0 Å². The van der Waals surface area contributed by atoms with Crippen molar-refractivity contribution in [2.45, 2.75) is 44.9 Å². The van der Waals surface area contributed by atoms with E-state index in [4.69, 9.17) is 4.74 Å². The van der Waals surface area contributed by atoms with Gasteiger partial charge < -0.3 is 9.64 Å². The van der Waals surface area contributed by atoms with Crippen LogP contribution in [0.1, 0.15) is 45.1 Å². The number of halogens is 1. The van der Waals surface area contributed by atoms with Crippen LogP contribution in [0.3, 0.4) is 0 Å². The SMILES string of the molecule is CC1(C)CCN(C(=O)CC[C@@H]2CCOC2)c2cc(Br)ccc21. The van der Waals surface area contributed by atoms with Crippen molar-refractivity contribution in [3.05, 3.63) is 28.2 Å². The lowest BCUT2D eigenvalue weighted by atomic mass is 9.77. The lowest BCUT2D eigenvalue weighted by Crippen LogP contribution is -2.41. The van der Waals surface area contributed by atoms with Gasteiger partial charge in [-0.1, -0.05) is 35.8 Å². The van der Waals surface area contributed by atoms with Gasteiger partial charge in [-0.25, -0.2) is 0 Å². The molecule has 0 aliphatic carbocycles. The molecule has 0 radical (unpaired) electrons. The number of benzene rings is 1. The van der Waals surface area contributed by atoms with E-state index >= 15 is 0 Å². The smallest absolute Gasteiger partial charge is 0.226 e. The van der Waals surface area contributed by atoms with Crippen molar-refractivity contribution in [3.63, 3.8) is 0 Å². The van der Waals surface area contributed by atoms with Crippen LogP contribution in [0.4, 0.5) is 5.69 Å². The summed E-state index contributed by atoms with van der Waals surface area (Å²) in [4.78, 5) is 14.7. The van der Waals surface area contributed by atoms with Gasteiger partial charge in [-0.15, -0.1) is 0 Å². The first-order chi connectivity index (χ1) is 10.5. The number of amides is 1. The quantitative estimate of drug-likeness (QED) is 0.799. The molecule has 0 bridgehead atoms. The zero-order chi connectivity index (χ0) is 15.7. The highest BCUT2D eigenvalue weighted by atomic mass is 79.9. The van der Waals surface area contributed by atoms with Gasteiger partial charge in [-0.3, -0.25) is 4.79 Å². The van der Waals surface area contributed by atoms with E-state index in [1.165, 1.54) is 5.56 Å². The lowest BCUT2D eigenvalue weighted by Gasteiger charge is -2.39. The third-order valence-corrected chi connectivity index (χ3v) is 5.52. The third kappa shape index (κ3) is 3.23. The average molecular weight is 366 g/mol. The topological polar surface area (TPSA) is 29.5 Å². The summed E-state index contributed by atoms with van der Waals surface area (Å²) < 4.78 is 6.44. The van der Waals surface area contributed by atoms with Gasteiger partial charge in [0.15, 0.2) is 0 Å². The number of ether oxygens (including phenoxy) is 1. The number of carbonyl (C=O) groups excluding carboxylic acids is 1. The molecule has 120 valence electrons. The summed E-state index contributed by atoms with van der Waals surface area (Å²) in [5.74, 6) is 0.814. The Morgan fingerprint density at radius 2 is 2.27 bits per heavy atom. The summed E-state index contributed by atoms with van der Waals surface area (Å²) in [6.45, 7) is 7.01. The number of hydrogen-bond acceptors (Lipinski definition) is 2. The van der Waals surface area contributed by atoms with Crippen molar-refractivity contribution in [3.8, 4) is 0 Å². The van der Waals surface area contributed by atoms with Gasteiger partial charge in [0, 0.05) is 36.3 Å². The molecule has 22 heavy (non-hydrogen) atoms. The molecule has 1 amide bonds. The zero-order valence-electron chi connectivity index (χ0n) is 13.4. The molecule has 1 aromatic carbocycles. The highest BCUT2D eigenvalue weighted by Crippen LogP contribution is 2.41. The maximum Gasteiger partial charge on any atom is 0.226 e. The molecule has 0 aromatic heterocycles. The summed E-state index contributed by atoms with van der Waals surface area (Å²) in [6, 6.07) is 6.32. The van der Waals surface area contributed by atoms with Crippen LogP contribution in [-0.4, -0.2) is 25.7 Å². The standard InChI is InChI=1S/C18H24BrNO2/c1-18(2)8-9-20(16-11-14(19)4-5-15(16)18)17(21)6-3-13-7-10-22-12-13/h4-5,11,13H,3,6-10,12H2,1-2H3/t13-/m1/s1. The van der Waals surface area contributed by atoms with Crippen LogP contribution in [0.15, 0.2) is 22.7 Å². The van der Waals surface area contributed by atoms with Crippen LogP contribution >= 0.6 is 15.9 Å². The molecule has 3 rings (SSSR count). The summed E-state index contributed by atoms with van der Waals surface area (Å²) in [6.07, 6.45) is 3.69. The molecule has 3 nitrogen and oxygen atoms in total. The van der Waals surface area contributed by atoms with Crippen molar-refractivity contribution in [1.29, 1.82) is 0 Å². The maximum atomic E-state index is 12.7. The molecule has 2 heterocycles. The van der Waals surface area contributed by atoms with Gasteiger partial charge in [0.1, 0.15) is 0 Å². The molecule has 2 aliphatic rings. The highest BCUT2D eigenvalue weighted by Gasteiger charge is 2.33. The molecule has 1 saturated heterocycles. The van der Waals surface area contributed by atoms with Crippen LogP contribution in [0.2, 0.25) is 0 Å². The van der Waals surface area contributed by atoms with Gasteiger partial charge >= 0.3 is 0 Å². The second-order valence-corrected chi connectivity index (χ2v) is 8.02. The number of carbonyl (C=O) groups is 1. The Labute approximate surface area is 141 Å². The normalized spacial score (nSPS) is 23.4. The average Bonchev–Trinajstić information content (AvgIpc) is 2.97. The molecule has 1 aromatic rings. The Bertz CT molecular complexity index is 564. The molecule has 4 heteroatoms. The van der Waals surface area contributed by atoms with E-state index < -0.39 is 0 Å². The Morgan fingerprint density at radius 3 is 3.00 bits per heavy atom. The Kier molecular flexibility index (Phi) is 4.60. The number of rotatable bonds is 3. The molecule has 1 fully saturated rings. The van der Waals surface area contributed by atoms with Crippen LogP contribution in [0, 0.1) is 5.92 Å². The van der Waals surface area contributed by atoms with Crippen LogP contribution in [0.25, 0.3) is 0 Å². The molecule has 1 atom stereocenters. The number of fused-ring (bicyclic) bond motifs is 1. The maximum absolute atomic E-state index is 12.7. The molecular weight excluding hydrogens is 342 g/mol. The van der Waals surface area contributed by atoms with Gasteiger partial charge in [0.2, 0.25) is 5.91 Å². The summed E-state index contributed by atoms with van der Waals surface area (Å²) in [5.41, 5.74) is 2.49. The van der Waals surface area contributed by atoms with Gasteiger partial charge in [-0.2, -0.15) is 0 Å². The third-order valence-electron chi connectivity index (χ3n) is 5.03. The molecule has 0 saturated carbocycles. The van der Waals surface area contributed by atoms with Crippen molar-refractivity contribution in [2.75, 3.05) is 24.7 Å². The molecule has 0 spiro atoms. The van der Waals surface area contributed by atoms with E-state index in [0.29, 0.717) is 12.3 Å². The molecular formula is C18H24BrNO2. The zero-order valence-corrected chi connectivity index (χ0v) is 15.0. The number of anilines is 1. The van der Waals surface area contributed by atoms with E-state index in [2.05, 4.69) is 48.0 Å². The first-order valence-electron chi connectivity index (χ1n) is 8.15. The van der Waals surface area contributed by atoms with E-state index in [9.17, 15) is 4.79 Å². The van der Waals surface area contributed by atoms with Crippen LogP contribution < -0.4 is 4.90 Å². The van der Waals surface area contributed by atoms with Gasteiger partial charge in [-0.05, 0) is 48.3 Å². The van der Waals surface area contributed by atoms with Crippen molar-refractivity contribution in [2.24, 2.45) is 5.92 Å². The Hall–Kier alpha value is -0.870. The molecule has 2 aliphatic heterocycles. The largest absolute Gasteiger partial charge is 0.381 e. The predicted molar refractivity (Wildman–Crippen MR) is 92.3 cm³/mol. The molecule has 0 N–H and O–H groups in total. The highest BCUT2D eigenvalue weighted by molar-refractivity contribution is 9.10. The summed E-state index contributed by atoms with van der Waals surface area (Å²) in [5, 5.41) is 0. The minimum Gasteiger partial charge on any atom is -0.381 e. The van der Waals surface area contributed by atoms with Crippen LogP contribution in [0.5, 0.6) is 0 Å². The van der Waals surface area contributed by atoms with Gasteiger partial charge in [0.05, 0.1) is 0 Å². The van der Waals surface area contributed by atoms with E-state index in [1.54, 1.807) is 0 Å². The predicted octanol–water partition coefficient (Wildman–Crippen LogP) is 4.28. The molecule has 0 unspecified atom stereocenters. The fourth-order valence-electron chi connectivity index (χ4n) is 3.48. The van der Waals surface area contributed by atoms with E-state index in [1.807, 2.05) is 4.90 Å².